The molecule has 4 rings (SSSR count). The zero-order chi connectivity index (χ0) is 14.8. The van der Waals surface area contributed by atoms with Crippen molar-refractivity contribution < 1.29 is 5.11 Å². The van der Waals surface area contributed by atoms with Crippen molar-refractivity contribution in [3.05, 3.63) is 41.2 Å². The van der Waals surface area contributed by atoms with Crippen molar-refractivity contribution in [1.29, 1.82) is 0 Å². The maximum atomic E-state index is 10.7. The number of hydrogen-bond donors (Lipinski definition) is 1. The fourth-order valence-corrected chi connectivity index (χ4v) is 4.83. The second kappa shape index (κ2) is 4.28. The highest BCUT2D eigenvalue weighted by atomic mass is 32.1. The van der Waals surface area contributed by atoms with E-state index in [0.29, 0.717) is 0 Å². The van der Waals surface area contributed by atoms with Crippen LogP contribution in [0.5, 0.6) is 0 Å². The average Bonchev–Trinajstić information content (AvgIpc) is 2.77. The normalized spacial score (nSPS) is 20.9. The molecule has 1 atom stereocenters. The first kappa shape index (κ1) is 13.2. The Morgan fingerprint density at radius 2 is 2.05 bits per heavy atom. The molecule has 1 aliphatic carbocycles. The maximum Gasteiger partial charge on any atom is 0.0819 e. The highest BCUT2D eigenvalue weighted by Gasteiger charge is 2.34. The molecule has 108 valence electrons. The van der Waals surface area contributed by atoms with E-state index in [1.807, 2.05) is 0 Å². The number of nitrogens with zero attached hydrogens (tertiary/aromatic N) is 1. The van der Waals surface area contributed by atoms with Crippen LogP contribution in [0.1, 0.15) is 43.3 Å². The molecule has 0 radical (unpaired) electrons. The number of rotatable bonds is 0. The van der Waals surface area contributed by atoms with Crippen molar-refractivity contribution in [2.75, 3.05) is 0 Å². The van der Waals surface area contributed by atoms with E-state index in [0.717, 1.165) is 29.8 Å². The number of hydrogen-bond acceptors (Lipinski definition) is 3. The van der Waals surface area contributed by atoms with Crippen molar-refractivity contribution in [2.45, 2.75) is 39.7 Å². The first-order valence-electron chi connectivity index (χ1n) is 7.45. The summed E-state index contributed by atoms with van der Waals surface area (Å²) in [4.78, 5) is 4.83. The second-order valence-electron chi connectivity index (χ2n) is 6.92. The largest absolute Gasteiger partial charge is 0.388 e. The molecule has 1 aliphatic rings. The lowest BCUT2D eigenvalue weighted by Crippen LogP contribution is -2.27. The van der Waals surface area contributed by atoms with Crippen molar-refractivity contribution in [1.82, 2.24) is 4.98 Å². The zero-order valence-corrected chi connectivity index (χ0v) is 13.4. The predicted octanol–water partition coefficient (Wildman–Crippen LogP) is 4.76. The maximum absolute atomic E-state index is 10.7. The first-order chi connectivity index (χ1) is 9.96. The lowest BCUT2D eigenvalue weighted by atomic mass is 9.74. The number of pyridine rings is 1. The number of thiophene rings is 1. The monoisotopic (exact) mass is 297 g/mol. The molecule has 1 aromatic carbocycles. The average molecular weight is 297 g/mol. The van der Waals surface area contributed by atoms with Gasteiger partial charge in [0.05, 0.1) is 16.5 Å². The Kier molecular flexibility index (Phi) is 2.69. The third-order valence-electron chi connectivity index (χ3n) is 4.53. The number of aromatic nitrogens is 1. The summed E-state index contributed by atoms with van der Waals surface area (Å²) in [6.45, 7) is 6.52. The standard InChI is InChI=1S/C18H19NOS/c1-10-17-15(11-6-4-5-7-14(11)21-17)16-12(19-10)8-18(2,3)9-13(16)20/h4-7,13,20H,8-9H2,1-3H3. The van der Waals surface area contributed by atoms with Crippen LogP contribution in [0.4, 0.5) is 0 Å². The molecule has 0 saturated carbocycles. The van der Waals surface area contributed by atoms with Crippen LogP contribution in [-0.4, -0.2) is 10.1 Å². The summed E-state index contributed by atoms with van der Waals surface area (Å²) in [7, 11) is 0. The van der Waals surface area contributed by atoms with Crippen LogP contribution in [0.2, 0.25) is 0 Å². The van der Waals surface area contributed by atoms with Gasteiger partial charge in [-0.1, -0.05) is 32.0 Å². The molecule has 0 saturated heterocycles. The molecule has 2 nitrogen and oxygen atoms in total. The van der Waals surface area contributed by atoms with Crippen LogP contribution in [0.25, 0.3) is 20.2 Å². The number of aliphatic hydroxyl groups excluding tert-OH is 1. The van der Waals surface area contributed by atoms with Gasteiger partial charge in [0, 0.05) is 26.7 Å². The van der Waals surface area contributed by atoms with E-state index in [2.05, 4.69) is 45.0 Å². The van der Waals surface area contributed by atoms with Gasteiger partial charge in [-0.25, -0.2) is 0 Å². The fourth-order valence-electron chi connectivity index (χ4n) is 3.67. The van der Waals surface area contributed by atoms with E-state index in [-0.39, 0.29) is 5.41 Å². The van der Waals surface area contributed by atoms with Crippen LogP contribution in [0.3, 0.4) is 0 Å². The van der Waals surface area contributed by atoms with Gasteiger partial charge >= 0.3 is 0 Å². The van der Waals surface area contributed by atoms with Crippen LogP contribution in [-0.2, 0) is 6.42 Å². The van der Waals surface area contributed by atoms with Gasteiger partial charge in [0.2, 0.25) is 0 Å². The lowest BCUT2D eigenvalue weighted by molar-refractivity contribution is 0.0997. The van der Waals surface area contributed by atoms with E-state index in [9.17, 15) is 5.11 Å². The molecule has 0 aliphatic heterocycles. The van der Waals surface area contributed by atoms with Gasteiger partial charge in [0.1, 0.15) is 0 Å². The Labute approximate surface area is 128 Å². The van der Waals surface area contributed by atoms with Gasteiger partial charge in [-0.2, -0.15) is 0 Å². The minimum atomic E-state index is -0.405. The van der Waals surface area contributed by atoms with Gasteiger partial charge in [0.15, 0.2) is 0 Å². The number of benzene rings is 1. The quantitative estimate of drug-likeness (QED) is 0.648. The smallest absolute Gasteiger partial charge is 0.0819 e. The molecule has 0 fully saturated rings. The molecular weight excluding hydrogens is 278 g/mol. The van der Waals surface area contributed by atoms with E-state index < -0.39 is 6.10 Å². The number of aliphatic hydroxyl groups is 1. The lowest BCUT2D eigenvalue weighted by Gasteiger charge is -2.34. The van der Waals surface area contributed by atoms with E-state index in [4.69, 9.17) is 4.98 Å². The third-order valence-corrected chi connectivity index (χ3v) is 5.81. The van der Waals surface area contributed by atoms with Gasteiger partial charge in [-0.05, 0) is 31.2 Å². The molecule has 21 heavy (non-hydrogen) atoms. The van der Waals surface area contributed by atoms with Crippen molar-refractivity contribution in [3.63, 3.8) is 0 Å². The van der Waals surface area contributed by atoms with Gasteiger partial charge in [0.25, 0.3) is 0 Å². The molecule has 0 bridgehead atoms. The van der Waals surface area contributed by atoms with Gasteiger partial charge < -0.3 is 5.11 Å². The van der Waals surface area contributed by atoms with Crippen LogP contribution in [0.15, 0.2) is 24.3 Å². The summed E-state index contributed by atoms with van der Waals surface area (Å²) in [5.41, 5.74) is 3.38. The molecular formula is C18H19NOS. The van der Waals surface area contributed by atoms with Crippen molar-refractivity contribution in [2.24, 2.45) is 5.41 Å². The number of fused-ring (bicyclic) bond motifs is 5. The van der Waals surface area contributed by atoms with Crippen LogP contribution < -0.4 is 0 Å². The highest BCUT2D eigenvalue weighted by molar-refractivity contribution is 7.26. The Hall–Kier alpha value is -1.45. The molecule has 1 unspecified atom stereocenters. The highest BCUT2D eigenvalue weighted by Crippen LogP contribution is 2.47. The minimum absolute atomic E-state index is 0.116. The molecule has 2 heterocycles. The Morgan fingerprint density at radius 3 is 2.86 bits per heavy atom. The van der Waals surface area contributed by atoms with E-state index in [1.165, 1.54) is 20.2 Å². The fraction of sp³-hybridized carbons (Fsp3) is 0.389. The SMILES string of the molecule is Cc1nc2c(c3c1sc1ccccc13)C(O)CC(C)(C)C2. The Balaban J connectivity index is 2.15. The molecule has 3 aromatic rings. The summed E-state index contributed by atoms with van der Waals surface area (Å²) in [5.74, 6) is 0. The van der Waals surface area contributed by atoms with Crippen LogP contribution >= 0.6 is 11.3 Å². The van der Waals surface area contributed by atoms with Gasteiger partial charge in [-0.15, -0.1) is 11.3 Å². The summed E-state index contributed by atoms with van der Waals surface area (Å²) in [6, 6.07) is 8.48. The Bertz CT molecular complexity index is 862. The minimum Gasteiger partial charge on any atom is -0.388 e. The topological polar surface area (TPSA) is 33.1 Å². The molecule has 0 spiro atoms. The Morgan fingerprint density at radius 1 is 1.29 bits per heavy atom. The molecule has 3 heteroatoms. The molecule has 1 N–H and O–H groups in total. The van der Waals surface area contributed by atoms with Crippen LogP contribution in [0, 0.1) is 12.3 Å². The molecule has 2 aromatic heterocycles. The third kappa shape index (κ3) is 1.91. The summed E-state index contributed by atoms with van der Waals surface area (Å²) < 4.78 is 2.51. The summed E-state index contributed by atoms with van der Waals surface area (Å²) in [5, 5.41) is 13.2. The first-order valence-corrected chi connectivity index (χ1v) is 8.27. The zero-order valence-electron chi connectivity index (χ0n) is 12.6. The number of aryl methyl sites for hydroxylation is 1. The van der Waals surface area contributed by atoms with Crippen molar-refractivity contribution >= 4 is 31.5 Å². The van der Waals surface area contributed by atoms with Crippen molar-refractivity contribution in [3.8, 4) is 0 Å². The second-order valence-corrected chi connectivity index (χ2v) is 7.97. The predicted molar refractivity (Wildman–Crippen MR) is 88.9 cm³/mol. The van der Waals surface area contributed by atoms with E-state index in [1.54, 1.807) is 11.3 Å². The summed E-state index contributed by atoms with van der Waals surface area (Å²) >= 11 is 1.79. The molecule has 0 amide bonds. The van der Waals surface area contributed by atoms with Gasteiger partial charge in [-0.3, -0.25) is 4.98 Å². The summed E-state index contributed by atoms with van der Waals surface area (Å²) in [6.07, 6.45) is 1.35. The van der Waals surface area contributed by atoms with E-state index >= 15 is 0 Å².